The minimum atomic E-state index is 0.734. The molecule has 2 fully saturated rings. The van der Waals surface area contributed by atoms with Crippen LogP contribution in [0.25, 0.3) is 0 Å². The molecule has 3 heterocycles. The standard InChI is InChI=1S/C23H41N7/c1-4-21-8-6-7-12-29(21)13-11-25-23(24-3)27-19-20-9-10-22(26-18-20)30-16-14-28(5-2)15-17-30/h9-10,18,21H,4-8,11-17,19H2,1-3H3,(H2,24,25,27). The number of hydrogen-bond donors (Lipinski definition) is 2. The highest BCUT2D eigenvalue weighted by atomic mass is 15.3. The highest BCUT2D eigenvalue weighted by molar-refractivity contribution is 5.79. The predicted molar refractivity (Wildman–Crippen MR) is 126 cm³/mol. The fourth-order valence-electron chi connectivity index (χ4n) is 4.54. The first-order valence-corrected chi connectivity index (χ1v) is 11.8. The number of rotatable bonds is 8. The number of nitrogens with zero attached hydrogens (tertiary/aromatic N) is 5. The maximum Gasteiger partial charge on any atom is 0.191 e. The van der Waals surface area contributed by atoms with Crippen molar-refractivity contribution < 1.29 is 0 Å². The van der Waals surface area contributed by atoms with Crippen LogP contribution in [0.4, 0.5) is 5.82 Å². The van der Waals surface area contributed by atoms with Gasteiger partial charge < -0.3 is 20.4 Å². The number of anilines is 1. The van der Waals surface area contributed by atoms with Gasteiger partial charge in [0.2, 0.25) is 0 Å². The van der Waals surface area contributed by atoms with Crippen molar-refractivity contribution in [3.63, 3.8) is 0 Å². The van der Waals surface area contributed by atoms with Crippen molar-refractivity contribution in [2.24, 2.45) is 4.99 Å². The van der Waals surface area contributed by atoms with Crippen molar-refractivity contribution in [2.45, 2.75) is 52.1 Å². The second kappa shape index (κ2) is 12.1. The fourth-order valence-corrected chi connectivity index (χ4v) is 4.54. The minimum Gasteiger partial charge on any atom is -0.355 e. The monoisotopic (exact) mass is 415 g/mol. The Bertz CT molecular complexity index is 637. The smallest absolute Gasteiger partial charge is 0.191 e. The summed E-state index contributed by atoms with van der Waals surface area (Å²) in [4.78, 5) is 16.6. The molecule has 1 atom stereocenters. The minimum absolute atomic E-state index is 0.734. The Kier molecular flexibility index (Phi) is 9.21. The second-order valence-corrected chi connectivity index (χ2v) is 8.39. The number of likely N-dealkylation sites (N-methyl/N-ethyl adjacent to an activating group) is 1. The SMILES string of the molecule is CCC1CCCCN1CCNC(=NC)NCc1ccc(N2CCN(CC)CC2)nc1. The molecule has 3 rings (SSSR count). The maximum absolute atomic E-state index is 4.70. The topological polar surface area (TPSA) is 59.0 Å². The van der Waals surface area contributed by atoms with Crippen molar-refractivity contribution in [1.82, 2.24) is 25.4 Å². The molecule has 0 spiro atoms. The molecular weight excluding hydrogens is 374 g/mol. The van der Waals surface area contributed by atoms with Crippen LogP contribution in [0, 0.1) is 0 Å². The quantitative estimate of drug-likeness (QED) is 0.501. The van der Waals surface area contributed by atoms with E-state index in [1.165, 1.54) is 37.8 Å². The van der Waals surface area contributed by atoms with Gasteiger partial charge in [0.05, 0.1) is 0 Å². The molecule has 1 aromatic rings. The van der Waals surface area contributed by atoms with Gasteiger partial charge in [-0.25, -0.2) is 4.98 Å². The zero-order valence-corrected chi connectivity index (χ0v) is 19.2. The van der Waals surface area contributed by atoms with Crippen LogP contribution < -0.4 is 15.5 Å². The number of aromatic nitrogens is 1. The Balaban J connectivity index is 1.39. The zero-order chi connectivity index (χ0) is 21.2. The summed E-state index contributed by atoms with van der Waals surface area (Å²) in [7, 11) is 1.84. The third-order valence-electron chi connectivity index (χ3n) is 6.55. The van der Waals surface area contributed by atoms with E-state index in [9.17, 15) is 0 Å². The number of hydrogen-bond acceptors (Lipinski definition) is 5. The lowest BCUT2D eigenvalue weighted by atomic mass is 10.0. The number of piperidine rings is 1. The summed E-state index contributed by atoms with van der Waals surface area (Å²) in [5.41, 5.74) is 1.18. The van der Waals surface area contributed by atoms with E-state index in [1.54, 1.807) is 0 Å². The number of nitrogens with one attached hydrogen (secondary N) is 2. The van der Waals surface area contributed by atoms with Gasteiger partial charge in [-0.1, -0.05) is 26.3 Å². The van der Waals surface area contributed by atoms with Gasteiger partial charge in [0.15, 0.2) is 5.96 Å². The van der Waals surface area contributed by atoms with Gasteiger partial charge in [-0.05, 0) is 44.0 Å². The number of aliphatic imine (C=N–C) groups is 1. The molecule has 0 radical (unpaired) electrons. The van der Waals surface area contributed by atoms with Gasteiger partial charge in [-0.15, -0.1) is 0 Å². The zero-order valence-electron chi connectivity index (χ0n) is 19.2. The first-order chi connectivity index (χ1) is 14.7. The molecule has 2 saturated heterocycles. The molecule has 168 valence electrons. The molecular formula is C23H41N7. The molecule has 30 heavy (non-hydrogen) atoms. The number of guanidine groups is 1. The highest BCUT2D eigenvalue weighted by Gasteiger charge is 2.20. The third-order valence-corrected chi connectivity index (χ3v) is 6.55. The summed E-state index contributed by atoms with van der Waals surface area (Å²) < 4.78 is 0. The van der Waals surface area contributed by atoms with Gasteiger partial charge in [-0.3, -0.25) is 9.89 Å². The highest BCUT2D eigenvalue weighted by Crippen LogP contribution is 2.18. The van der Waals surface area contributed by atoms with Crippen molar-refractivity contribution >= 4 is 11.8 Å². The van der Waals surface area contributed by atoms with E-state index in [-0.39, 0.29) is 0 Å². The molecule has 0 aromatic carbocycles. The molecule has 0 saturated carbocycles. The third kappa shape index (κ3) is 6.57. The van der Waals surface area contributed by atoms with Gasteiger partial charge in [-0.2, -0.15) is 0 Å². The Morgan fingerprint density at radius 3 is 2.60 bits per heavy atom. The molecule has 0 amide bonds. The van der Waals surface area contributed by atoms with Gasteiger partial charge >= 0.3 is 0 Å². The van der Waals surface area contributed by atoms with Gasteiger partial charge in [0.1, 0.15) is 5.82 Å². The molecule has 1 unspecified atom stereocenters. The Labute approximate surface area is 182 Å². The summed E-state index contributed by atoms with van der Waals surface area (Å²) in [5.74, 6) is 1.95. The van der Waals surface area contributed by atoms with Crippen LogP contribution in [-0.2, 0) is 6.54 Å². The summed E-state index contributed by atoms with van der Waals surface area (Å²) in [6, 6.07) is 5.08. The Morgan fingerprint density at radius 1 is 1.10 bits per heavy atom. The molecule has 7 nitrogen and oxygen atoms in total. The van der Waals surface area contributed by atoms with Crippen LogP contribution in [0.15, 0.2) is 23.3 Å². The maximum atomic E-state index is 4.70. The van der Waals surface area contributed by atoms with E-state index in [0.29, 0.717) is 0 Å². The molecule has 2 aliphatic rings. The summed E-state index contributed by atoms with van der Waals surface area (Å²) >= 11 is 0. The molecule has 0 bridgehead atoms. The molecule has 1 aromatic heterocycles. The van der Waals surface area contributed by atoms with Crippen molar-refractivity contribution in [3.8, 4) is 0 Å². The van der Waals surface area contributed by atoms with Crippen molar-refractivity contribution in [3.05, 3.63) is 23.9 Å². The lowest BCUT2D eigenvalue weighted by molar-refractivity contribution is 0.147. The lowest BCUT2D eigenvalue weighted by Crippen LogP contribution is -2.46. The van der Waals surface area contributed by atoms with Crippen LogP contribution in [0.1, 0.15) is 45.1 Å². The summed E-state index contributed by atoms with van der Waals surface area (Å²) in [5, 5.41) is 6.89. The number of pyridine rings is 1. The fraction of sp³-hybridized carbons (Fsp3) is 0.739. The molecule has 0 aliphatic carbocycles. The largest absolute Gasteiger partial charge is 0.355 e. The Hall–Kier alpha value is -1.86. The summed E-state index contributed by atoms with van der Waals surface area (Å²) in [6.07, 6.45) is 7.31. The summed E-state index contributed by atoms with van der Waals surface area (Å²) in [6.45, 7) is 14.0. The van der Waals surface area contributed by atoms with Crippen molar-refractivity contribution in [2.75, 3.05) is 64.3 Å². The van der Waals surface area contributed by atoms with Crippen LogP contribution >= 0.6 is 0 Å². The Morgan fingerprint density at radius 2 is 1.93 bits per heavy atom. The first-order valence-electron chi connectivity index (χ1n) is 11.8. The average Bonchev–Trinajstić information content (AvgIpc) is 2.82. The lowest BCUT2D eigenvalue weighted by Gasteiger charge is -2.35. The van der Waals surface area contributed by atoms with E-state index in [4.69, 9.17) is 4.98 Å². The van der Waals surface area contributed by atoms with Gasteiger partial charge in [0, 0.05) is 65.1 Å². The predicted octanol–water partition coefficient (Wildman–Crippen LogP) is 2.15. The van der Waals surface area contributed by atoms with Gasteiger partial charge in [0.25, 0.3) is 0 Å². The van der Waals surface area contributed by atoms with Crippen LogP contribution in [0.2, 0.25) is 0 Å². The van der Waals surface area contributed by atoms with Crippen LogP contribution in [0.5, 0.6) is 0 Å². The average molecular weight is 416 g/mol. The normalized spacial score (nSPS) is 21.6. The molecule has 2 aliphatic heterocycles. The first kappa shape index (κ1) is 22.8. The van der Waals surface area contributed by atoms with E-state index in [0.717, 1.165) is 70.2 Å². The van der Waals surface area contributed by atoms with E-state index in [1.807, 2.05) is 13.2 Å². The van der Waals surface area contributed by atoms with E-state index < -0.39 is 0 Å². The number of piperazine rings is 1. The van der Waals surface area contributed by atoms with Crippen LogP contribution in [0.3, 0.4) is 0 Å². The van der Waals surface area contributed by atoms with E-state index >= 15 is 0 Å². The van der Waals surface area contributed by atoms with E-state index in [2.05, 4.69) is 56.3 Å². The molecule has 2 N–H and O–H groups in total. The van der Waals surface area contributed by atoms with Crippen molar-refractivity contribution in [1.29, 1.82) is 0 Å². The molecule has 7 heteroatoms. The van der Waals surface area contributed by atoms with Crippen LogP contribution in [-0.4, -0.2) is 86.2 Å². The number of likely N-dealkylation sites (tertiary alicyclic amines) is 1. The second-order valence-electron chi connectivity index (χ2n) is 8.39.